The Morgan fingerprint density at radius 2 is 1.73 bits per heavy atom. The van der Waals surface area contributed by atoms with E-state index < -0.39 is 35.8 Å². The molecule has 0 fully saturated rings. The number of halogens is 2. The molecule has 0 amide bonds. The number of hydrogen-bond acceptors (Lipinski definition) is 6. The van der Waals surface area contributed by atoms with Crippen molar-refractivity contribution in [2.24, 2.45) is 0 Å². The average Bonchev–Trinajstić information content (AvgIpc) is 2.83. The van der Waals surface area contributed by atoms with Crippen LogP contribution in [0.4, 0.5) is 4.39 Å². The molecule has 3 aliphatic rings. The van der Waals surface area contributed by atoms with Gasteiger partial charge in [0.25, 0.3) is 10.1 Å². The van der Waals surface area contributed by atoms with Gasteiger partial charge in [-0.2, -0.15) is 8.42 Å². The highest BCUT2D eigenvalue weighted by Gasteiger charge is 2.33. The normalized spacial score (nSPS) is 16.5. The molecule has 37 heavy (non-hydrogen) atoms. The maximum absolute atomic E-state index is 14.5. The number of nitrogens with zero attached hydrogens (tertiary/aromatic N) is 1. The van der Waals surface area contributed by atoms with Gasteiger partial charge in [0, 0.05) is 46.4 Å². The van der Waals surface area contributed by atoms with E-state index in [2.05, 4.69) is 4.58 Å². The summed E-state index contributed by atoms with van der Waals surface area (Å²) in [6.45, 7) is 1.79. The average molecular weight is 564 g/mol. The van der Waals surface area contributed by atoms with E-state index in [4.69, 9.17) is 16.3 Å². The van der Waals surface area contributed by atoms with Crippen molar-refractivity contribution < 1.29 is 35.1 Å². The maximum Gasteiger partial charge on any atom is 0.294 e. The minimum atomic E-state index is -5.22. The van der Waals surface area contributed by atoms with Crippen molar-refractivity contribution in [1.82, 2.24) is 4.58 Å². The van der Waals surface area contributed by atoms with Gasteiger partial charge in [0.05, 0.1) is 20.4 Å². The van der Waals surface area contributed by atoms with E-state index in [1.165, 1.54) is 6.07 Å². The summed E-state index contributed by atoms with van der Waals surface area (Å²) in [5.41, 5.74) is 2.35. The van der Waals surface area contributed by atoms with E-state index in [9.17, 15) is 30.3 Å². The maximum atomic E-state index is 14.5. The number of benzene rings is 3. The Morgan fingerprint density at radius 1 is 1.00 bits per heavy atom. The summed E-state index contributed by atoms with van der Waals surface area (Å²) in [4.78, 5) is -1.59. The second-order valence-electron chi connectivity index (χ2n) is 9.26. The SMILES string of the molecule is O=S(=O)([O-])c1cc(S(=O)(=O)O)ccc1C1=c2cc3c4c(c2Oc2cc(F)c(Cl)cc21)CCC[N+]=4CCC3. The van der Waals surface area contributed by atoms with Crippen LogP contribution >= 0.6 is 11.6 Å². The summed E-state index contributed by atoms with van der Waals surface area (Å²) in [5.74, 6) is -0.223. The fourth-order valence-electron chi connectivity index (χ4n) is 5.56. The Bertz CT molecular complexity index is 1880. The Kier molecular flexibility index (Phi) is 5.52. The largest absolute Gasteiger partial charge is 0.744 e. The van der Waals surface area contributed by atoms with Crippen LogP contribution in [0.5, 0.6) is 11.5 Å². The Balaban J connectivity index is 1.82. The summed E-state index contributed by atoms with van der Waals surface area (Å²) >= 11 is 6.10. The summed E-state index contributed by atoms with van der Waals surface area (Å²) in [7, 11) is -10.0. The van der Waals surface area contributed by atoms with Crippen molar-refractivity contribution in [3.63, 3.8) is 0 Å². The lowest BCUT2D eigenvalue weighted by atomic mass is 9.87. The van der Waals surface area contributed by atoms with Gasteiger partial charge in [-0.25, -0.2) is 17.4 Å². The van der Waals surface area contributed by atoms with Crippen LogP contribution in [0.15, 0.2) is 46.2 Å². The van der Waals surface area contributed by atoms with Crippen molar-refractivity contribution in [3.8, 4) is 11.5 Å². The third kappa shape index (κ3) is 3.96. The molecule has 12 heteroatoms. The Morgan fingerprint density at radius 3 is 2.43 bits per heavy atom. The molecule has 3 aromatic rings. The summed E-state index contributed by atoms with van der Waals surface area (Å²) < 4.78 is 93.1. The van der Waals surface area contributed by atoms with E-state index in [0.29, 0.717) is 23.5 Å². The molecule has 0 bridgehead atoms. The molecule has 1 N–H and O–H groups in total. The van der Waals surface area contributed by atoms with Crippen LogP contribution in [-0.2, 0) is 33.1 Å². The Hall–Kier alpha value is -2.83. The molecular weight excluding hydrogens is 545 g/mol. The Labute approximate surface area is 216 Å². The van der Waals surface area contributed by atoms with Gasteiger partial charge in [-0.1, -0.05) is 17.7 Å². The van der Waals surface area contributed by atoms with Gasteiger partial charge in [-0.05, 0) is 37.1 Å². The number of aryl methyl sites for hydroxylation is 1. The quantitative estimate of drug-likeness (QED) is 0.300. The van der Waals surface area contributed by atoms with E-state index in [-0.39, 0.29) is 27.5 Å². The van der Waals surface area contributed by atoms with Crippen LogP contribution < -0.4 is 19.9 Å². The molecule has 0 aliphatic carbocycles. The monoisotopic (exact) mass is 563 g/mol. The minimum Gasteiger partial charge on any atom is -0.744 e. The van der Waals surface area contributed by atoms with Crippen molar-refractivity contribution in [1.29, 1.82) is 0 Å². The van der Waals surface area contributed by atoms with E-state index in [0.717, 1.165) is 67.0 Å². The van der Waals surface area contributed by atoms with Gasteiger partial charge in [-0.3, -0.25) is 4.55 Å². The second kappa shape index (κ2) is 8.34. The minimum absolute atomic E-state index is 0.0848. The first-order valence-electron chi connectivity index (χ1n) is 11.5. The molecule has 6 rings (SSSR count). The van der Waals surface area contributed by atoms with Gasteiger partial charge in [-0.15, -0.1) is 0 Å². The number of hydrogen-bond donors (Lipinski definition) is 1. The highest BCUT2D eigenvalue weighted by atomic mass is 35.5. The molecule has 0 saturated heterocycles. The van der Waals surface area contributed by atoms with Crippen LogP contribution in [0, 0.1) is 5.82 Å². The topological polar surface area (TPSA) is 124 Å². The third-order valence-corrected chi connectivity index (χ3v) is 9.05. The summed E-state index contributed by atoms with van der Waals surface area (Å²) in [6, 6.07) is 7.07. The number of ether oxygens (including phenoxy) is 1. The molecule has 0 saturated carbocycles. The molecule has 3 aliphatic heterocycles. The summed E-state index contributed by atoms with van der Waals surface area (Å²) in [5, 5.41) is 1.32. The van der Waals surface area contributed by atoms with Crippen LogP contribution in [-0.4, -0.2) is 39.0 Å². The van der Waals surface area contributed by atoms with E-state index >= 15 is 0 Å². The predicted molar refractivity (Wildman–Crippen MR) is 131 cm³/mol. The van der Waals surface area contributed by atoms with Gasteiger partial charge < -0.3 is 9.29 Å². The molecule has 3 aromatic carbocycles. The van der Waals surface area contributed by atoms with Crippen LogP contribution in [0.1, 0.15) is 35.1 Å². The van der Waals surface area contributed by atoms with Crippen LogP contribution in [0.2, 0.25) is 5.02 Å². The predicted octanol–water partition coefficient (Wildman–Crippen LogP) is 2.37. The summed E-state index contributed by atoms with van der Waals surface area (Å²) in [6.07, 6.45) is 3.27. The van der Waals surface area contributed by atoms with Crippen LogP contribution in [0.3, 0.4) is 0 Å². The molecule has 3 heterocycles. The lowest BCUT2D eigenvalue weighted by Crippen LogP contribution is -2.45. The fraction of sp³-hybridized carbons (Fsp3) is 0.240. The smallest absolute Gasteiger partial charge is 0.294 e. The highest BCUT2D eigenvalue weighted by molar-refractivity contribution is 7.86. The number of rotatable bonds is 3. The first-order valence-corrected chi connectivity index (χ1v) is 14.7. The molecule has 192 valence electrons. The molecule has 0 atom stereocenters. The van der Waals surface area contributed by atoms with Crippen molar-refractivity contribution in [2.75, 3.05) is 13.1 Å². The molecule has 0 spiro atoms. The van der Waals surface area contributed by atoms with Crippen molar-refractivity contribution >= 4 is 37.4 Å². The third-order valence-electron chi connectivity index (χ3n) is 7.04. The zero-order valence-electron chi connectivity index (χ0n) is 19.1. The van der Waals surface area contributed by atoms with Gasteiger partial charge in [0.1, 0.15) is 40.5 Å². The number of fused-ring (bicyclic) bond motifs is 3. The first-order chi connectivity index (χ1) is 17.4. The molecule has 0 radical (unpaired) electrons. The molecule has 8 nitrogen and oxygen atoms in total. The molecular formula is C25H19ClFNO7S2. The highest BCUT2D eigenvalue weighted by Crippen LogP contribution is 2.42. The van der Waals surface area contributed by atoms with E-state index in [1.807, 2.05) is 6.07 Å². The lowest BCUT2D eigenvalue weighted by Gasteiger charge is -2.27. The lowest BCUT2D eigenvalue weighted by molar-refractivity contribution is 0.434. The molecule has 0 aromatic heterocycles. The zero-order valence-corrected chi connectivity index (χ0v) is 21.5. The first kappa shape index (κ1) is 24.5. The van der Waals surface area contributed by atoms with Crippen molar-refractivity contribution in [3.05, 3.63) is 80.1 Å². The van der Waals surface area contributed by atoms with Crippen LogP contribution in [0.25, 0.3) is 5.57 Å². The fourth-order valence-corrected chi connectivity index (χ4v) is 7.02. The van der Waals surface area contributed by atoms with Gasteiger partial charge in [0.2, 0.25) is 5.36 Å². The van der Waals surface area contributed by atoms with Crippen molar-refractivity contribution in [2.45, 2.75) is 35.5 Å². The van der Waals surface area contributed by atoms with E-state index in [1.54, 1.807) is 0 Å². The standard InChI is InChI=1S/C25H19ClFNO7S2/c26-19-11-17-21(12-20(19)27)35-25-16-4-2-8-28-7-1-3-13(24(16)28)9-18(25)23(17)15-6-5-14(36(29,30)31)10-22(15)37(32,33)34/h5-6,9-12H,1-4,7-8H2,(H-,29,30,31,32,33,34). The van der Waals surface area contributed by atoms with Gasteiger partial charge >= 0.3 is 0 Å². The second-order valence-corrected chi connectivity index (χ2v) is 12.4. The zero-order chi connectivity index (χ0) is 26.3. The molecule has 0 unspecified atom stereocenters. The van der Waals surface area contributed by atoms with Gasteiger partial charge in [0.15, 0.2) is 0 Å².